The lowest BCUT2D eigenvalue weighted by atomic mass is 10.0. The number of nitrogens with zero attached hydrogens (tertiary/aromatic N) is 3. The molecule has 0 saturated carbocycles. The predicted octanol–water partition coefficient (Wildman–Crippen LogP) is 4.68. The SMILES string of the molecule is CCN1C=CCC=C1CNc1ncnc2c(O)cc(-c3ccc(F)cc3)cc12. The number of fused-ring (bicyclic) bond motifs is 1. The molecule has 0 saturated heterocycles. The second-order valence-electron chi connectivity index (χ2n) is 6.58. The summed E-state index contributed by atoms with van der Waals surface area (Å²) in [5.41, 5.74) is 3.24. The molecule has 0 radical (unpaired) electrons. The Hall–Kier alpha value is -3.41. The van der Waals surface area contributed by atoms with Crippen LogP contribution in [-0.2, 0) is 0 Å². The van der Waals surface area contributed by atoms with Gasteiger partial charge in [0.15, 0.2) is 0 Å². The van der Waals surface area contributed by atoms with Crippen molar-refractivity contribution in [2.24, 2.45) is 0 Å². The first-order valence-corrected chi connectivity index (χ1v) is 9.25. The summed E-state index contributed by atoms with van der Waals surface area (Å²) in [4.78, 5) is 10.8. The molecule has 6 heteroatoms. The Bertz CT molecular complexity index is 1060. The number of hydrogen-bond acceptors (Lipinski definition) is 5. The first-order chi connectivity index (χ1) is 13.7. The summed E-state index contributed by atoms with van der Waals surface area (Å²) < 4.78 is 13.2. The molecule has 4 rings (SSSR count). The number of hydrogen-bond donors (Lipinski definition) is 2. The zero-order valence-electron chi connectivity index (χ0n) is 15.6. The normalized spacial score (nSPS) is 13.6. The van der Waals surface area contributed by atoms with E-state index in [1.54, 1.807) is 18.2 Å². The Labute approximate surface area is 162 Å². The topological polar surface area (TPSA) is 61.3 Å². The molecule has 1 aromatic heterocycles. The van der Waals surface area contributed by atoms with Crippen LogP contribution in [0.5, 0.6) is 5.75 Å². The van der Waals surface area contributed by atoms with Crippen molar-refractivity contribution < 1.29 is 9.50 Å². The number of aromatic nitrogens is 2. The van der Waals surface area contributed by atoms with Gasteiger partial charge >= 0.3 is 0 Å². The van der Waals surface area contributed by atoms with Gasteiger partial charge in [0.05, 0.1) is 6.54 Å². The lowest BCUT2D eigenvalue weighted by molar-refractivity contribution is 0.476. The molecule has 1 aliphatic rings. The van der Waals surface area contributed by atoms with Gasteiger partial charge in [0, 0.05) is 23.8 Å². The number of phenolic OH excluding ortho intramolecular Hbond substituents is 1. The largest absolute Gasteiger partial charge is 0.506 e. The molecule has 0 amide bonds. The Balaban J connectivity index is 1.68. The summed E-state index contributed by atoms with van der Waals surface area (Å²) in [6.45, 7) is 3.62. The van der Waals surface area contributed by atoms with Crippen molar-refractivity contribution in [3.05, 3.63) is 72.6 Å². The third-order valence-electron chi connectivity index (χ3n) is 4.82. The number of aromatic hydroxyl groups is 1. The van der Waals surface area contributed by atoms with E-state index in [0.717, 1.165) is 29.5 Å². The molecular weight excluding hydrogens is 355 g/mol. The molecule has 2 N–H and O–H groups in total. The minimum Gasteiger partial charge on any atom is -0.506 e. The second kappa shape index (κ2) is 7.68. The quantitative estimate of drug-likeness (QED) is 0.677. The van der Waals surface area contributed by atoms with Crippen LogP contribution in [-0.4, -0.2) is 33.1 Å². The van der Waals surface area contributed by atoms with Crippen molar-refractivity contribution in [2.75, 3.05) is 18.4 Å². The molecule has 2 aromatic carbocycles. The Kier molecular flexibility index (Phi) is 4.93. The van der Waals surface area contributed by atoms with Gasteiger partial charge in [-0.2, -0.15) is 0 Å². The Morgan fingerprint density at radius 2 is 1.96 bits per heavy atom. The van der Waals surface area contributed by atoms with Crippen LogP contribution in [0.1, 0.15) is 13.3 Å². The summed E-state index contributed by atoms with van der Waals surface area (Å²) in [6, 6.07) is 9.73. The number of benzene rings is 2. The number of likely N-dealkylation sites (N-methyl/N-ethyl adjacent to an activating group) is 1. The molecule has 0 aliphatic carbocycles. The van der Waals surface area contributed by atoms with Crippen LogP contribution >= 0.6 is 0 Å². The monoisotopic (exact) mass is 376 g/mol. The van der Waals surface area contributed by atoms with E-state index in [9.17, 15) is 9.50 Å². The third-order valence-corrected chi connectivity index (χ3v) is 4.82. The second-order valence-corrected chi connectivity index (χ2v) is 6.58. The summed E-state index contributed by atoms with van der Waals surface area (Å²) in [7, 11) is 0. The fourth-order valence-corrected chi connectivity index (χ4v) is 3.36. The van der Waals surface area contributed by atoms with Gasteiger partial charge in [-0.25, -0.2) is 14.4 Å². The number of rotatable bonds is 5. The summed E-state index contributed by atoms with van der Waals surface area (Å²) in [5.74, 6) is 0.419. The first-order valence-electron chi connectivity index (χ1n) is 9.25. The maximum absolute atomic E-state index is 13.2. The highest BCUT2D eigenvalue weighted by Crippen LogP contribution is 2.33. The first kappa shape index (κ1) is 18.0. The number of halogens is 1. The molecule has 0 spiro atoms. The van der Waals surface area contributed by atoms with Crippen molar-refractivity contribution in [3.8, 4) is 16.9 Å². The van der Waals surface area contributed by atoms with Crippen LogP contribution in [0.25, 0.3) is 22.0 Å². The molecule has 0 fully saturated rings. The zero-order valence-corrected chi connectivity index (χ0v) is 15.6. The van der Waals surface area contributed by atoms with Crippen molar-refractivity contribution in [1.82, 2.24) is 14.9 Å². The average molecular weight is 376 g/mol. The van der Waals surface area contributed by atoms with Gasteiger partial charge in [0.2, 0.25) is 0 Å². The van der Waals surface area contributed by atoms with Crippen molar-refractivity contribution in [2.45, 2.75) is 13.3 Å². The molecule has 3 aromatic rings. The van der Waals surface area contributed by atoms with Crippen LogP contribution < -0.4 is 5.32 Å². The maximum atomic E-state index is 13.2. The van der Waals surface area contributed by atoms with Crippen molar-refractivity contribution in [1.29, 1.82) is 0 Å². The van der Waals surface area contributed by atoms with E-state index < -0.39 is 0 Å². The van der Waals surface area contributed by atoms with Gasteiger partial charge in [0.1, 0.15) is 29.2 Å². The van der Waals surface area contributed by atoms with Crippen LogP contribution in [0.15, 0.2) is 66.8 Å². The molecule has 5 nitrogen and oxygen atoms in total. The molecule has 0 atom stereocenters. The fourth-order valence-electron chi connectivity index (χ4n) is 3.36. The minimum absolute atomic E-state index is 0.0669. The van der Waals surface area contributed by atoms with Crippen molar-refractivity contribution in [3.63, 3.8) is 0 Å². The molecule has 28 heavy (non-hydrogen) atoms. The number of allylic oxidation sites excluding steroid dienone is 2. The highest BCUT2D eigenvalue weighted by Gasteiger charge is 2.13. The van der Waals surface area contributed by atoms with Gasteiger partial charge < -0.3 is 15.3 Å². The predicted molar refractivity (Wildman–Crippen MR) is 109 cm³/mol. The highest BCUT2D eigenvalue weighted by molar-refractivity contribution is 5.96. The summed E-state index contributed by atoms with van der Waals surface area (Å²) >= 11 is 0. The van der Waals surface area contributed by atoms with E-state index in [0.29, 0.717) is 17.9 Å². The third kappa shape index (κ3) is 3.53. The van der Waals surface area contributed by atoms with E-state index >= 15 is 0 Å². The summed E-state index contributed by atoms with van der Waals surface area (Å²) in [5, 5.41) is 14.6. The van der Waals surface area contributed by atoms with Gasteiger partial charge in [-0.3, -0.25) is 0 Å². The lowest BCUT2D eigenvalue weighted by Gasteiger charge is -2.25. The molecule has 142 valence electrons. The minimum atomic E-state index is -0.297. The van der Waals surface area contributed by atoms with Crippen LogP contribution in [0.3, 0.4) is 0 Å². The zero-order chi connectivity index (χ0) is 19.5. The maximum Gasteiger partial charge on any atom is 0.142 e. The van der Waals surface area contributed by atoms with Crippen molar-refractivity contribution >= 4 is 16.7 Å². The highest BCUT2D eigenvalue weighted by atomic mass is 19.1. The average Bonchev–Trinajstić information content (AvgIpc) is 2.73. The molecular formula is C22H21FN4O. The van der Waals surface area contributed by atoms with Gasteiger partial charge in [-0.15, -0.1) is 0 Å². The number of nitrogens with one attached hydrogen (secondary N) is 1. The Morgan fingerprint density at radius 3 is 2.75 bits per heavy atom. The molecule has 2 heterocycles. The van der Waals surface area contributed by atoms with Gasteiger partial charge in [-0.1, -0.05) is 24.3 Å². The van der Waals surface area contributed by atoms with E-state index in [1.165, 1.54) is 24.2 Å². The van der Waals surface area contributed by atoms with E-state index in [2.05, 4.69) is 45.5 Å². The summed E-state index contributed by atoms with van der Waals surface area (Å²) in [6.07, 6.45) is 8.75. The standard InChI is InChI=1S/C22H21FN4O/c1-2-27-10-4-3-5-18(27)13-24-22-19-11-16(15-6-8-17(23)9-7-15)12-20(28)21(19)25-14-26-22/h4-12,14,28H,2-3,13H2,1H3,(H,24,25,26). The fraction of sp³-hybridized carbons (Fsp3) is 0.182. The van der Waals surface area contributed by atoms with Crippen LogP contribution in [0.2, 0.25) is 0 Å². The van der Waals surface area contributed by atoms with Gasteiger partial charge in [0.25, 0.3) is 0 Å². The van der Waals surface area contributed by atoms with Crippen LogP contribution in [0, 0.1) is 5.82 Å². The smallest absolute Gasteiger partial charge is 0.142 e. The number of anilines is 1. The molecule has 0 bridgehead atoms. The molecule has 1 aliphatic heterocycles. The van der Waals surface area contributed by atoms with Crippen LogP contribution in [0.4, 0.5) is 10.2 Å². The van der Waals surface area contributed by atoms with E-state index in [-0.39, 0.29) is 11.6 Å². The van der Waals surface area contributed by atoms with E-state index in [1.807, 2.05) is 6.07 Å². The lowest BCUT2D eigenvalue weighted by Crippen LogP contribution is -2.23. The van der Waals surface area contributed by atoms with E-state index in [4.69, 9.17) is 0 Å². The molecule has 0 unspecified atom stereocenters. The Morgan fingerprint density at radius 1 is 1.14 bits per heavy atom. The number of phenols is 1. The van der Waals surface area contributed by atoms with Gasteiger partial charge in [-0.05, 0) is 48.7 Å².